The van der Waals surface area contributed by atoms with Gasteiger partial charge >= 0.3 is 35.6 Å². The number of carbonyl (C=O) groups is 2. The molecule has 0 fully saturated rings. The summed E-state index contributed by atoms with van der Waals surface area (Å²) in [6, 6.07) is -0.835. The molecule has 5 nitrogen and oxygen atoms in total. The molecular formula is C14H23N2NaO3. The minimum atomic E-state index is -1.13. The van der Waals surface area contributed by atoms with Crippen molar-refractivity contribution in [2.45, 2.75) is 59.3 Å². The molecular weight excluding hydrogens is 267 g/mol. The fourth-order valence-corrected chi connectivity index (χ4v) is 2.64. The van der Waals surface area contributed by atoms with E-state index >= 15 is 0 Å². The molecule has 1 aliphatic heterocycles. The second-order valence-corrected chi connectivity index (χ2v) is 5.40. The van der Waals surface area contributed by atoms with E-state index in [0.717, 1.165) is 25.7 Å². The summed E-state index contributed by atoms with van der Waals surface area (Å²) >= 11 is 0. The number of nitrogens with one attached hydrogen (secondary N) is 1. The van der Waals surface area contributed by atoms with Crippen molar-refractivity contribution in [3.8, 4) is 0 Å². The fourth-order valence-electron chi connectivity index (χ4n) is 2.64. The molecule has 20 heavy (non-hydrogen) atoms. The van der Waals surface area contributed by atoms with Crippen molar-refractivity contribution in [1.29, 1.82) is 0 Å². The van der Waals surface area contributed by atoms with Crippen molar-refractivity contribution in [2.75, 3.05) is 0 Å². The van der Waals surface area contributed by atoms with E-state index < -0.39 is 23.3 Å². The van der Waals surface area contributed by atoms with Crippen molar-refractivity contribution in [1.82, 2.24) is 5.32 Å². The first-order valence-corrected chi connectivity index (χ1v) is 7.07. The Morgan fingerprint density at radius 3 is 2.45 bits per heavy atom. The largest absolute Gasteiger partial charge is 1.00 e. The molecule has 0 saturated heterocycles. The SMILES string of the molecule is CCCC(C)CCCC1(CC)C(=O)NC(=O)N=C1[O-].[Na+]. The van der Waals surface area contributed by atoms with Gasteiger partial charge in [-0.2, -0.15) is 0 Å². The number of carbonyl (C=O) groups excluding carboxylic acids is 2. The summed E-state index contributed by atoms with van der Waals surface area (Å²) in [5.74, 6) is -0.464. The van der Waals surface area contributed by atoms with E-state index in [2.05, 4.69) is 24.2 Å². The Bertz CT molecular complexity index is 385. The van der Waals surface area contributed by atoms with Gasteiger partial charge < -0.3 is 5.11 Å². The zero-order valence-electron chi connectivity index (χ0n) is 13.0. The maximum atomic E-state index is 12.0. The zero-order chi connectivity index (χ0) is 14.5. The second-order valence-electron chi connectivity index (χ2n) is 5.40. The molecule has 1 rings (SSSR count). The zero-order valence-corrected chi connectivity index (χ0v) is 15.0. The van der Waals surface area contributed by atoms with Crippen molar-refractivity contribution < 1.29 is 44.3 Å². The standard InChI is InChI=1S/C14H24N2O3.Na/c1-4-7-10(3)8-6-9-14(5-2)11(17)15-13(19)16-12(14)18;/h10H,4-9H2,1-3H3,(H2,15,16,17,18,19);/q;+1/p-1. The summed E-state index contributed by atoms with van der Waals surface area (Å²) in [7, 11) is 0. The summed E-state index contributed by atoms with van der Waals surface area (Å²) in [5.41, 5.74) is -1.13. The molecule has 2 atom stereocenters. The topological polar surface area (TPSA) is 81.6 Å². The van der Waals surface area contributed by atoms with E-state index in [-0.39, 0.29) is 29.6 Å². The maximum Gasteiger partial charge on any atom is 1.00 e. The quantitative estimate of drug-likeness (QED) is 0.611. The van der Waals surface area contributed by atoms with Gasteiger partial charge in [0.15, 0.2) is 0 Å². The van der Waals surface area contributed by atoms with Gasteiger partial charge in [0, 0.05) is 0 Å². The van der Waals surface area contributed by atoms with Crippen LogP contribution in [0.4, 0.5) is 4.79 Å². The van der Waals surface area contributed by atoms with Crippen LogP contribution in [0.15, 0.2) is 4.99 Å². The van der Waals surface area contributed by atoms with Crippen molar-refractivity contribution in [2.24, 2.45) is 16.3 Å². The molecule has 108 valence electrons. The maximum absolute atomic E-state index is 12.0. The van der Waals surface area contributed by atoms with E-state index in [1.807, 2.05) is 0 Å². The van der Waals surface area contributed by atoms with Crippen LogP contribution in [0.2, 0.25) is 0 Å². The molecule has 1 aliphatic rings. The third-order valence-electron chi connectivity index (χ3n) is 3.95. The van der Waals surface area contributed by atoms with Crippen LogP contribution in [-0.2, 0) is 4.79 Å². The van der Waals surface area contributed by atoms with E-state index in [4.69, 9.17) is 0 Å². The molecule has 0 aromatic carbocycles. The molecule has 2 unspecified atom stereocenters. The first kappa shape index (κ1) is 19.6. The number of urea groups is 1. The molecule has 1 heterocycles. The Labute approximate surface area is 142 Å². The molecule has 0 saturated carbocycles. The number of nitrogens with zero attached hydrogens (tertiary/aromatic N) is 1. The van der Waals surface area contributed by atoms with Crippen LogP contribution in [0.1, 0.15) is 59.3 Å². The van der Waals surface area contributed by atoms with Crippen LogP contribution in [0.5, 0.6) is 0 Å². The average molecular weight is 290 g/mol. The number of aliphatic imine (C=N–C) groups is 1. The van der Waals surface area contributed by atoms with Gasteiger partial charge in [-0.15, -0.1) is 0 Å². The number of rotatable bonds is 7. The molecule has 6 heteroatoms. The molecule has 3 amide bonds. The van der Waals surface area contributed by atoms with Crippen molar-refractivity contribution in [3.05, 3.63) is 0 Å². The van der Waals surface area contributed by atoms with Crippen LogP contribution in [-0.4, -0.2) is 17.8 Å². The summed E-state index contributed by atoms with van der Waals surface area (Å²) < 4.78 is 0. The van der Waals surface area contributed by atoms with Gasteiger partial charge in [0.2, 0.25) is 5.91 Å². The normalized spacial score (nSPS) is 23.6. The predicted octanol–water partition coefficient (Wildman–Crippen LogP) is -0.998. The van der Waals surface area contributed by atoms with Gasteiger partial charge in [-0.05, 0) is 24.7 Å². The van der Waals surface area contributed by atoms with Crippen LogP contribution >= 0.6 is 0 Å². The Kier molecular flexibility index (Phi) is 8.63. The molecule has 0 spiro atoms. The minimum Gasteiger partial charge on any atom is -0.861 e. The third-order valence-corrected chi connectivity index (χ3v) is 3.95. The van der Waals surface area contributed by atoms with E-state index in [1.54, 1.807) is 6.92 Å². The van der Waals surface area contributed by atoms with E-state index in [9.17, 15) is 14.7 Å². The number of hydrogen-bond acceptors (Lipinski definition) is 3. The van der Waals surface area contributed by atoms with Crippen molar-refractivity contribution in [3.63, 3.8) is 0 Å². The molecule has 1 N–H and O–H groups in total. The second kappa shape index (κ2) is 8.80. The number of hydrogen-bond donors (Lipinski definition) is 1. The number of amides is 3. The Morgan fingerprint density at radius 2 is 1.95 bits per heavy atom. The van der Waals surface area contributed by atoms with Crippen LogP contribution in [0.25, 0.3) is 0 Å². The van der Waals surface area contributed by atoms with Crippen LogP contribution in [0.3, 0.4) is 0 Å². The smallest absolute Gasteiger partial charge is 0.861 e. The third kappa shape index (κ3) is 4.57. The van der Waals surface area contributed by atoms with Crippen LogP contribution in [0, 0.1) is 11.3 Å². The summed E-state index contributed by atoms with van der Waals surface area (Å²) in [6.45, 7) is 6.11. The van der Waals surface area contributed by atoms with Gasteiger partial charge in [-0.3, -0.25) is 10.1 Å². The fraction of sp³-hybridized carbons (Fsp3) is 0.786. The summed E-state index contributed by atoms with van der Waals surface area (Å²) in [4.78, 5) is 26.4. The van der Waals surface area contributed by atoms with Crippen molar-refractivity contribution >= 4 is 17.8 Å². The molecule has 0 aliphatic carbocycles. The monoisotopic (exact) mass is 290 g/mol. The van der Waals surface area contributed by atoms with E-state index in [0.29, 0.717) is 18.8 Å². The molecule has 0 radical (unpaired) electrons. The van der Waals surface area contributed by atoms with Gasteiger partial charge in [0.05, 0.1) is 5.41 Å². The first-order chi connectivity index (χ1) is 8.96. The minimum absolute atomic E-state index is 0. The first-order valence-electron chi connectivity index (χ1n) is 7.07. The Hall–Kier alpha value is -0.390. The molecule has 0 aromatic rings. The summed E-state index contributed by atoms with van der Waals surface area (Å²) in [6.07, 6.45) is 4.95. The average Bonchev–Trinajstić information content (AvgIpc) is 2.33. The van der Waals surface area contributed by atoms with Crippen LogP contribution < -0.4 is 40.0 Å². The van der Waals surface area contributed by atoms with Gasteiger partial charge in [0.1, 0.15) is 0 Å². The number of imide groups is 1. The van der Waals surface area contributed by atoms with Gasteiger partial charge in [-0.25, -0.2) is 9.79 Å². The molecule has 0 aromatic heterocycles. The van der Waals surface area contributed by atoms with Gasteiger partial charge in [0.25, 0.3) is 0 Å². The van der Waals surface area contributed by atoms with Gasteiger partial charge in [-0.1, -0.05) is 46.5 Å². The molecule has 0 bridgehead atoms. The van der Waals surface area contributed by atoms with E-state index in [1.165, 1.54) is 0 Å². The summed E-state index contributed by atoms with van der Waals surface area (Å²) in [5, 5.41) is 14.1. The Morgan fingerprint density at radius 1 is 1.30 bits per heavy atom. The Balaban J connectivity index is 0.00000361. The predicted molar refractivity (Wildman–Crippen MR) is 71.6 cm³/mol.